The maximum absolute atomic E-state index is 12.4. The first-order valence-electron chi connectivity index (χ1n) is 7.75. The maximum atomic E-state index is 12.4. The van der Waals surface area contributed by atoms with Gasteiger partial charge in [-0.15, -0.1) is 12.4 Å². The number of nitrogens with zero attached hydrogens (tertiary/aromatic N) is 1. The molecule has 1 aromatic carbocycles. The fourth-order valence-electron chi connectivity index (χ4n) is 3.03. The fourth-order valence-corrected chi connectivity index (χ4v) is 3.03. The van der Waals surface area contributed by atoms with Gasteiger partial charge in [-0.05, 0) is 30.9 Å². The molecular formula is C17H27ClN2O3. The Balaban J connectivity index is 0.00000264. The molecule has 1 fully saturated rings. The van der Waals surface area contributed by atoms with Crippen molar-refractivity contribution in [3.05, 3.63) is 23.8 Å². The fraction of sp³-hybridized carbons (Fsp3) is 0.588. The van der Waals surface area contributed by atoms with Crippen molar-refractivity contribution in [1.82, 2.24) is 4.90 Å². The predicted molar refractivity (Wildman–Crippen MR) is 93.2 cm³/mol. The Morgan fingerprint density at radius 2 is 2.04 bits per heavy atom. The molecule has 0 radical (unpaired) electrons. The molecule has 0 heterocycles. The summed E-state index contributed by atoms with van der Waals surface area (Å²) in [6.07, 6.45) is 3.77. The first-order valence-corrected chi connectivity index (χ1v) is 7.75. The molecular weight excluding hydrogens is 316 g/mol. The summed E-state index contributed by atoms with van der Waals surface area (Å²) >= 11 is 0. The van der Waals surface area contributed by atoms with Gasteiger partial charge in [-0.2, -0.15) is 0 Å². The molecule has 0 bridgehead atoms. The Morgan fingerprint density at radius 3 is 2.61 bits per heavy atom. The minimum absolute atomic E-state index is 0. The van der Waals surface area contributed by atoms with Gasteiger partial charge in [0.25, 0.3) is 0 Å². The summed E-state index contributed by atoms with van der Waals surface area (Å²) in [5.74, 6) is 1.94. The Labute approximate surface area is 144 Å². The molecule has 0 spiro atoms. The monoisotopic (exact) mass is 342 g/mol. The normalized spacial score (nSPS) is 19.8. The summed E-state index contributed by atoms with van der Waals surface area (Å²) in [5, 5.41) is 0. The van der Waals surface area contributed by atoms with Crippen LogP contribution in [0.1, 0.15) is 31.2 Å². The van der Waals surface area contributed by atoms with E-state index in [1.165, 1.54) is 0 Å². The third-order valence-corrected chi connectivity index (χ3v) is 4.48. The highest BCUT2D eigenvalue weighted by Gasteiger charge is 2.27. The third kappa shape index (κ3) is 5.01. The van der Waals surface area contributed by atoms with Crippen molar-refractivity contribution >= 4 is 18.3 Å². The molecule has 6 heteroatoms. The summed E-state index contributed by atoms with van der Waals surface area (Å²) in [6.45, 7) is 0.522. The van der Waals surface area contributed by atoms with E-state index in [1.54, 1.807) is 19.1 Å². The number of nitrogens with two attached hydrogens (primary N) is 1. The number of benzene rings is 1. The van der Waals surface area contributed by atoms with Gasteiger partial charge in [-0.1, -0.05) is 6.42 Å². The van der Waals surface area contributed by atoms with Gasteiger partial charge in [-0.3, -0.25) is 4.79 Å². The van der Waals surface area contributed by atoms with Crippen LogP contribution in [0.2, 0.25) is 0 Å². The van der Waals surface area contributed by atoms with Gasteiger partial charge in [0, 0.05) is 37.7 Å². The van der Waals surface area contributed by atoms with Crippen LogP contribution < -0.4 is 15.2 Å². The van der Waals surface area contributed by atoms with Crippen LogP contribution in [0.15, 0.2) is 18.2 Å². The number of ether oxygens (including phenoxy) is 2. The van der Waals surface area contributed by atoms with Crippen molar-refractivity contribution in [2.24, 2.45) is 11.7 Å². The third-order valence-electron chi connectivity index (χ3n) is 4.48. The summed E-state index contributed by atoms with van der Waals surface area (Å²) in [6, 6.07) is 5.82. The van der Waals surface area contributed by atoms with Crippen LogP contribution in [-0.4, -0.2) is 38.1 Å². The highest BCUT2D eigenvalue weighted by Crippen LogP contribution is 2.28. The lowest BCUT2D eigenvalue weighted by atomic mass is 9.99. The minimum atomic E-state index is 0. The lowest BCUT2D eigenvalue weighted by Gasteiger charge is -2.22. The number of methoxy groups -OCH3 is 2. The van der Waals surface area contributed by atoms with Crippen LogP contribution in [-0.2, 0) is 11.3 Å². The highest BCUT2D eigenvalue weighted by molar-refractivity contribution is 5.85. The average molecular weight is 343 g/mol. The molecule has 0 aromatic heterocycles. The van der Waals surface area contributed by atoms with Gasteiger partial charge in [0.1, 0.15) is 11.5 Å². The number of halogens is 1. The van der Waals surface area contributed by atoms with Gasteiger partial charge in [0.15, 0.2) is 0 Å². The van der Waals surface area contributed by atoms with Crippen molar-refractivity contribution in [2.45, 2.75) is 38.3 Å². The molecule has 0 unspecified atom stereocenters. The van der Waals surface area contributed by atoms with Crippen LogP contribution in [0.5, 0.6) is 11.5 Å². The Bertz CT molecular complexity index is 525. The molecule has 2 rings (SSSR count). The topological polar surface area (TPSA) is 64.8 Å². The van der Waals surface area contributed by atoms with E-state index in [9.17, 15) is 4.79 Å². The Kier molecular flexibility index (Phi) is 7.65. The summed E-state index contributed by atoms with van der Waals surface area (Å²) < 4.78 is 10.6. The molecule has 1 saturated carbocycles. The van der Waals surface area contributed by atoms with E-state index in [0.717, 1.165) is 36.3 Å². The van der Waals surface area contributed by atoms with E-state index in [4.69, 9.17) is 15.2 Å². The number of carbonyl (C=O) groups is 1. The van der Waals surface area contributed by atoms with Crippen molar-refractivity contribution in [1.29, 1.82) is 0 Å². The van der Waals surface area contributed by atoms with Gasteiger partial charge >= 0.3 is 0 Å². The van der Waals surface area contributed by atoms with Gasteiger partial charge in [0.2, 0.25) is 5.91 Å². The van der Waals surface area contributed by atoms with Gasteiger partial charge < -0.3 is 20.1 Å². The van der Waals surface area contributed by atoms with Crippen LogP contribution in [0.4, 0.5) is 0 Å². The second-order valence-electron chi connectivity index (χ2n) is 5.99. The van der Waals surface area contributed by atoms with Gasteiger partial charge in [-0.25, -0.2) is 0 Å². The zero-order chi connectivity index (χ0) is 16.1. The number of amides is 1. The van der Waals surface area contributed by atoms with Crippen molar-refractivity contribution in [3.8, 4) is 11.5 Å². The second-order valence-corrected chi connectivity index (χ2v) is 5.99. The number of hydrogen-bond acceptors (Lipinski definition) is 4. The molecule has 1 aromatic rings. The number of rotatable bonds is 6. The van der Waals surface area contributed by atoms with Crippen LogP contribution >= 0.6 is 12.4 Å². The smallest absolute Gasteiger partial charge is 0.222 e. The molecule has 0 saturated heterocycles. The Hall–Kier alpha value is -1.46. The van der Waals surface area contributed by atoms with Gasteiger partial charge in [0.05, 0.1) is 14.2 Å². The first kappa shape index (κ1) is 19.6. The predicted octanol–water partition coefficient (Wildman–Crippen LogP) is 2.60. The zero-order valence-corrected chi connectivity index (χ0v) is 14.9. The number of carbonyl (C=O) groups excluding carboxylic acids is 1. The quantitative estimate of drug-likeness (QED) is 0.863. The van der Waals surface area contributed by atoms with Crippen LogP contribution in [0, 0.1) is 5.92 Å². The standard InChI is InChI=1S/C17H26N2O3.ClH/c1-19(17(20)9-12-5-4-6-15(12)18)11-13-7-8-14(21-2)10-16(13)22-3;/h7-8,10,12,15H,4-6,9,11,18H2,1-3H3;1H/t12-,15+;/m0./s1. The maximum Gasteiger partial charge on any atom is 0.222 e. The van der Waals surface area contributed by atoms with Crippen LogP contribution in [0.25, 0.3) is 0 Å². The molecule has 1 aliphatic rings. The number of hydrogen-bond donors (Lipinski definition) is 1. The van der Waals surface area contributed by atoms with E-state index in [-0.39, 0.29) is 24.4 Å². The second kappa shape index (κ2) is 8.99. The molecule has 1 aliphatic carbocycles. The molecule has 130 valence electrons. The molecule has 5 nitrogen and oxygen atoms in total. The zero-order valence-electron chi connectivity index (χ0n) is 14.1. The average Bonchev–Trinajstić information content (AvgIpc) is 2.92. The molecule has 23 heavy (non-hydrogen) atoms. The lowest BCUT2D eigenvalue weighted by Crippen LogP contribution is -2.32. The highest BCUT2D eigenvalue weighted by atomic mass is 35.5. The SMILES string of the molecule is COc1ccc(CN(C)C(=O)C[C@@H]2CCC[C@H]2N)c(OC)c1.Cl. The summed E-state index contributed by atoms with van der Waals surface area (Å²) in [7, 11) is 5.07. The van der Waals surface area contributed by atoms with E-state index in [0.29, 0.717) is 18.9 Å². The van der Waals surface area contributed by atoms with Crippen molar-refractivity contribution < 1.29 is 14.3 Å². The molecule has 2 atom stereocenters. The minimum Gasteiger partial charge on any atom is -0.497 e. The van der Waals surface area contributed by atoms with E-state index in [1.807, 2.05) is 25.2 Å². The lowest BCUT2D eigenvalue weighted by molar-refractivity contribution is -0.131. The summed E-state index contributed by atoms with van der Waals surface area (Å²) in [5.41, 5.74) is 7.02. The van der Waals surface area contributed by atoms with E-state index >= 15 is 0 Å². The first-order chi connectivity index (χ1) is 10.5. The largest absolute Gasteiger partial charge is 0.497 e. The van der Waals surface area contributed by atoms with Crippen molar-refractivity contribution in [3.63, 3.8) is 0 Å². The molecule has 1 amide bonds. The molecule has 0 aliphatic heterocycles. The molecule has 2 N–H and O–H groups in total. The van der Waals surface area contributed by atoms with Crippen LogP contribution in [0.3, 0.4) is 0 Å². The Morgan fingerprint density at radius 1 is 1.30 bits per heavy atom. The van der Waals surface area contributed by atoms with E-state index < -0.39 is 0 Å². The van der Waals surface area contributed by atoms with Crippen molar-refractivity contribution in [2.75, 3.05) is 21.3 Å². The van der Waals surface area contributed by atoms with E-state index in [2.05, 4.69) is 0 Å². The summed E-state index contributed by atoms with van der Waals surface area (Å²) in [4.78, 5) is 14.1.